The lowest BCUT2D eigenvalue weighted by Gasteiger charge is -2.33. The van der Waals surface area contributed by atoms with Crippen molar-refractivity contribution in [3.63, 3.8) is 0 Å². The van der Waals surface area contributed by atoms with E-state index >= 15 is 0 Å². The molecule has 29 heavy (non-hydrogen) atoms. The second kappa shape index (κ2) is 11.1. The minimum atomic E-state index is -6.80. The van der Waals surface area contributed by atoms with Gasteiger partial charge in [0.2, 0.25) is 0 Å². The number of ether oxygens (including phenoxy) is 2. The van der Waals surface area contributed by atoms with Gasteiger partial charge in [-0.3, -0.25) is 0 Å². The second-order valence-corrected chi connectivity index (χ2v) is 7.26. The van der Waals surface area contributed by atoms with E-state index in [2.05, 4.69) is 0 Å². The number of hydrogen-bond donors (Lipinski definition) is 0. The van der Waals surface area contributed by atoms with Gasteiger partial charge in [-0.25, -0.2) is 0 Å². The molecule has 0 aromatic carbocycles. The summed E-state index contributed by atoms with van der Waals surface area (Å²) in [6.45, 7) is 1.87. The molecular weight excluding hydrogens is 419 g/mol. The number of unbranched alkanes of at least 4 members (excludes halogenated alkanes) is 5. The van der Waals surface area contributed by atoms with Crippen LogP contribution in [0.5, 0.6) is 0 Å². The van der Waals surface area contributed by atoms with E-state index in [-0.39, 0.29) is 12.5 Å². The molecule has 0 aliphatic carbocycles. The van der Waals surface area contributed by atoms with Crippen molar-refractivity contribution in [3.05, 3.63) is 0 Å². The highest BCUT2D eigenvalue weighted by atomic mass is 19.4. The van der Waals surface area contributed by atoms with Crippen LogP contribution in [0.1, 0.15) is 64.2 Å². The molecule has 1 rings (SSSR count). The van der Waals surface area contributed by atoms with Gasteiger partial charge >= 0.3 is 23.9 Å². The van der Waals surface area contributed by atoms with E-state index in [1.807, 2.05) is 0 Å². The van der Waals surface area contributed by atoms with Crippen LogP contribution in [-0.4, -0.2) is 49.9 Å². The summed E-state index contributed by atoms with van der Waals surface area (Å²) in [5.74, 6) is -18.8. The summed E-state index contributed by atoms with van der Waals surface area (Å²) in [5.41, 5.74) is 0. The number of halogens is 9. The monoisotopic (exact) mass is 446 g/mol. The van der Waals surface area contributed by atoms with Gasteiger partial charge in [-0.05, 0) is 32.1 Å². The first-order valence-electron chi connectivity index (χ1n) is 9.72. The van der Waals surface area contributed by atoms with Crippen molar-refractivity contribution >= 4 is 0 Å². The molecule has 174 valence electrons. The molecular formula is C18H27F9O2. The largest absolute Gasteiger partial charge is 0.460 e. The molecule has 0 aromatic heterocycles. The normalized spacial score (nSPS) is 19.1. The zero-order valence-corrected chi connectivity index (χ0v) is 16.0. The summed E-state index contributed by atoms with van der Waals surface area (Å²) in [7, 11) is 0. The summed E-state index contributed by atoms with van der Waals surface area (Å²) < 4.78 is 125. The third-order valence-corrected chi connectivity index (χ3v) is 4.85. The fourth-order valence-corrected chi connectivity index (χ4v) is 3.01. The maximum Gasteiger partial charge on any atom is 0.460 e. The number of rotatable bonds is 14. The maximum atomic E-state index is 13.3. The Morgan fingerprint density at radius 1 is 0.724 bits per heavy atom. The first-order valence-corrected chi connectivity index (χ1v) is 9.72. The third kappa shape index (κ3) is 7.48. The van der Waals surface area contributed by atoms with Gasteiger partial charge in [0.05, 0.1) is 6.10 Å². The van der Waals surface area contributed by atoms with Gasteiger partial charge in [0, 0.05) is 26.2 Å². The first-order chi connectivity index (χ1) is 13.3. The summed E-state index contributed by atoms with van der Waals surface area (Å²) in [6, 6.07) is 0. The molecule has 0 spiro atoms. The van der Waals surface area contributed by atoms with E-state index in [1.54, 1.807) is 0 Å². The minimum absolute atomic E-state index is 0.0309. The van der Waals surface area contributed by atoms with Gasteiger partial charge in [-0.2, -0.15) is 39.5 Å². The molecule has 0 saturated carbocycles. The Morgan fingerprint density at radius 2 is 1.31 bits per heavy atom. The van der Waals surface area contributed by atoms with Crippen molar-refractivity contribution < 1.29 is 49.0 Å². The summed E-state index contributed by atoms with van der Waals surface area (Å²) in [4.78, 5) is 0. The zero-order valence-electron chi connectivity index (χ0n) is 16.0. The lowest BCUT2D eigenvalue weighted by molar-refractivity contribution is -0.396. The molecule has 1 fully saturated rings. The Kier molecular flexibility index (Phi) is 10.0. The molecule has 1 aliphatic rings. The van der Waals surface area contributed by atoms with Crippen LogP contribution in [0.4, 0.5) is 39.5 Å². The molecule has 0 aromatic rings. The highest BCUT2D eigenvalue weighted by Crippen LogP contribution is 2.54. The Morgan fingerprint density at radius 3 is 1.86 bits per heavy atom. The van der Waals surface area contributed by atoms with Crippen molar-refractivity contribution in [1.82, 2.24) is 0 Å². The summed E-state index contributed by atoms with van der Waals surface area (Å²) in [5, 5.41) is 0. The number of alkyl halides is 9. The maximum absolute atomic E-state index is 13.3. The fraction of sp³-hybridized carbons (Fsp3) is 1.00. The van der Waals surface area contributed by atoms with Crippen LogP contribution < -0.4 is 0 Å². The molecule has 0 amide bonds. The Hall–Kier alpha value is -0.710. The van der Waals surface area contributed by atoms with Crippen LogP contribution in [-0.2, 0) is 9.47 Å². The molecule has 11 heteroatoms. The zero-order chi connectivity index (χ0) is 22.2. The van der Waals surface area contributed by atoms with Gasteiger partial charge in [0.25, 0.3) is 0 Å². The molecule has 0 N–H and O–H groups in total. The molecule has 0 bridgehead atoms. The van der Waals surface area contributed by atoms with E-state index in [9.17, 15) is 39.5 Å². The lowest BCUT2D eigenvalue weighted by Crippen LogP contribution is -2.60. The van der Waals surface area contributed by atoms with E-state index in [0.29, 0.717) is 32.5 Å². The lowest BCUT2D eigenvalue weighted by atomic mass is 9.98. The van der Waals surface area contributed by atoms with Crippen molar-refractivity contribution in [2.75, 3.05) is 19.8 Å². The van der Waals surface area contributed by atoms with Crippen LogP contribution in [0.15, 0.2) is 0 Å². The van der Waals surface area contributed by atoms with E-state index < -0.39 is 36.8 Å². The topological polar surface area (TPSA) is 18.5 Å². The van der Waals surface area contributed by atoms with Gasteiger partial charge in [0.15, 0.2) is 0 Å². The van der Waals surface area contributed by atoms with Gasteiger partial charge in [-0.1, -0.05) is 25.7 Å². The van der Waals surface area contributed by atoms with Gasteiger partial charge < -0.3 is 9.47 Å². The SMILES string of the molecule is FC(F)(F)C(F)(F)C(F)(F)C(F)(F)CCCCCCCCOCCC1CCCO1. The minimum Gasteiger partial charge on any atom is -0.381 e. The van der Waals surface area contributed by atoms with Gasteiger partial charge in [-0.15, -0.1) is 0 Å². The van der Waals surface area contributed by atoms with Crippen LogP contribution in [0, 0.1) is 0 Å². The second-order valence-electron chi connectivity index (χ2n) is 7.26. The van der Waals surface area contributed by atoms with Crippen LogP contribution in [0.25, 0.3) is 0 Å². The smallest absolute Gasteiger partial charge is 0.381 e. The van der Waals surface area contributed by atoms with Gasteiger partial charge in [0.1, 0.15) is 0 Å². The Balaban J connectivity index is 2.12. The van der Waals surface area contributed by atoms with E-state index in [4.69, 9.17) is 9.47 Å². The summed E-state index contributed by atoms with van der Waals surface area (Å²) >= 11 is 0. The highest BCUT2D eigenvalue weighted by molar-refractivity contribution is 5.00. The van der Waals surface area contributed by atoms with Crippen molar-refractivity contribution in [2.45, 2.75) is 94.3 Å². The molecule has 1 aliphatic heterocycles. The first kappa shape index (κ1) is 26.3. The molecule has 1 atom stereocenters. The average Bonchev–Trinajstić information content (AvgIpc) is 3.11. The Labute approximate surface area is 164 Å². The predicted molar refractivity (Wildman–Crippen MR) is 87.6 cm³/mol. The van der Waals surface area contributed by atoms with Crippen molar-refractivity contribution in [2.24, 2.45) is 0 Å². The molecule has 0 radical (unpaired) electrons. The molecule has 1 heterocycles. The Bertz CT molecular complexity index is 461. The molecule has 2 nitrogen and oxygen atoms in total. The summed E-state index contributed by atoms with van der Waals surface area (Å²) in [6.07, 6.45) is -3.48. The van der Waals surface area contributed by atoms with Crippen LogP contribution >= 0.6 is 0 Å². The third-order valence-electron chi connectivity index (χ3n) is 4.85. The van der Waals surface area contributed by atoms with Crippen LogP contribution in [0.2, 0.25) is 0 Å². The molecule has 1 unspecified atom stereocenters. The average molecular weight is 446 g/mol. The predicted octanol–water partition coefficient (Wildman–Crippen LogP) is 6.77. The van der Waals surface area contributed by atoms with E-state index in [1.165, 1.54) is 0 Å². The van der Waals surface area contributed by atoms with Crippen molar-refractivity contribution in [3.8, 4) is 0 Å². The standard InChI is InChI=1S/C18H27F9O2/c19-15(20,16(21,22)17(23,24)18(25,26)27)10-5-3-1-2-4-6-11-28-13-9-14-8-7-12-29-14/h14H,1-13H2. The number of hydrogen-bond acceptors (Lipinski definition) is 2. The molecule has 1 saturated heterocycles. The van der Waals surface area contributed by atoms with Crippen LogP contribution in [0.3, 0.4) is 0 Å². The fourth-order valence-electron chi connectivity index (χ4n) is 3.01. The quantitative estimate of drug-likeness (QED) is 0.217. The van der Waals surface area contributed by atoms with E-state index in [0.717, 1.165) is 32.3 Å². The van der Waals surface area contributed by atoms with Crippen molar-refractivity contribution in [1.29, 1.82) is 0 Å². The highest BCUT2D eigenvalue weighted by Gasteiger charge is 2.81.